The highest BCUT2D eigenvalue weighted by Gasteiger charge is 1.92. The van der Waals surface area contributed by atoms with E-state index in [1.165, 1.54) is 109 Å². The molecule has 0 aromatic heterocycles. The summed E-state index contributed by atoms with van der Waals surface area (Å²) in [6, 6.07) is 0. The van der Waals surface area contributed by atoms with Gasteiger partial charge in [0.2, 0.25) is 0 Å². The summed E-state index contributed by atoms with van der Waals surface area (Å²) in [6.45, 7) is 3.25. The second kappa shape index (κ2) is 21.7. The van der Waals surface area contributed by atoms with Gasteiger partial charge in [-0.3, -0.25) is 11.3 Å². The lowest BCUT2D eigenvalue weighted by Gasteiger charge is -2.01. The van der Waals surface area contributed by atoms with Crippen LogP contribution in [0, 0.1) is 0 Å². The maximum absolute atomic E-state index is 5.25. The summed E-state index contributed by atoms with van der Waals surface area (Å²) >= 11 is 0. The Hall–Kier alpha value is -0.340. The zero-order valence-electron chi connectivity index (χ0n) is 16.0. The minimum Gasteiger partial charge on any atom is -0.271 e. The van der Waals surface area contributed by atoms with Crippen LogP contribution in [0.1, 0.15) is 116 Å². The van der Waals surface area contributed by atoms with Crippen LogP contribution in [0.4, 0.5) is 0 Å². The molecular weight excluding hydrogens is 280 g/mol. The molecule has 23 heavy (non-hydrogen) atoms. The normalized spacial score (nSPS) is 11.6. The molecule has 0 amide bonds. The maximum atomic E-state index is 5.25. The largest absolute Gasteiger partial charge is 0.271 e. The molecule has 0 saturated carbocycles. The highest BCUT2D eigenvalue weighted by molar-refractivity contribution is 4.81. The molecule has 138 valence electrons. The first kappa shape index (κ1) is 22.7. The van der Waals surface area contributed by atoms with Gasteiger partial charge in [0.05, 0.1) is 0 Å². The molecule has 0 bridgehead atoms. The third kappa shape index (κ3) is 21.7. The average Bonchev–Trinajstić information content (AvgIpc) is 2.57. The van der Waals surface area contributed by atoms with Crippen LogP contribution < -0.4 is 11.3 Å². The van der Waals surface area contributed by atoms with Crippen LogP contribution in [0.5, 0.6) is 0 Å². The van der Waals surface area contributed by atoms with Gasteiger partial charge in [-0.1, -0.05) is 96.1 Å². The Morgan fingerprint density at radius 2 is 0.957 bits per heavy atom. The predicted molar refractivity (Wildman–Crippen MR) is 105 cm³/mol. The zero-order valence-corrected chi connectivity index (χ0v) is 16.0. The number of allylic oxidation sites excluding steroid dienone is 2. The van der Waals surface area contributed by atoms with Crippen LogP contribution in [-0.2, 0) is 0 Å². The van der Waals surface area contributed by atoms with Crippen LogP contribution >= 0.6 is 0 Å². The molecule has 0 spiro atoms. The van der Waals surface area contributed by atoms with Gasteiger partial charge in [0.1, 0.15) is 0 Å². The van der Waals surface area contributed by atoms with Crippen molar-refractivity contribution in [2.24, 2.45) is 5.84 Å². The van der Waals surface area contributed by atoms with E-state index in [9.17, 15) is 0 Å². The minimum atomic E-state index is 0.960. The Morgan fingerprint density at radius 1 is 0.565 bits per heavy atom. The lowest BCUT2D eigenvalue weighted by atomic mass is 10.1. The van der Waals surface area contributed by atoms with Gasteiger partial charge in [0.25, 0.3) is 0 Å². The molecule has 2 nitrogen and oxygen atoms in total. The monoisotopic (exact) mass is 324 g/mol. The van der Waals surface area contributed by atoms with E-state index < -0.39 is 0 Å². The number of nitrogens with one attached hydrogen (secondary N) is 1. The van der Waals surface area contributed by atoms with Crippen molar-refractivity contribution in [1.82, 2.24) is 5.43 Å². The smallest absolute Gasteiger partial charge is 0.00974 e. The van der Waals surface area contributed by atoms with Crippen molar-refractivity contribution in [1.29, 1.82) is 0 Å². The molecule has 0 aliphatic heterocycles. The zero-order chi connectivity index (χ0) is 16.8. The van der Waals surface area contributed by atoms with Crippen LogP contribution in [0.25, 0.3) is 0 Å². The second-order valence-electron chi connectivity index (χ2n) is 6.95. The summed E-state index contributed by atoms with van der Waals surface area (Å²) in [4.78, 5) is 0. The Balaban J connectivity index is 3.03. The quantitative estimate of drug-likeness (QED) is 0.121. The third-order valence-electron chi connectivity index (χ3n) is 4.58. The van der Waals surface area contributed by atoms with Gasteiger partial charge in [0, 0.05) is 6.54 Å². The van der Waals surface area contributed by atoms with Gasteiger partial charge in [0.15, 0.2) is 0 Å². The number of hydrogen-bond acceptors (Lipinski definition) is 2. The Morgan fingerprint density at radius 3 is 1.39 bits per heavy atom. The molecule has 3 N–H and O–H groups in total. The van der Waals surface area contributed by atoms with Crippen molar-refractivity contribution in [3.63, 3.8) is 0 Å². The molecule has 0 unspecified atom stereocenters. The van der Waals surface area contributed by atoms with Crippen LogP contribution in [0.2, 0.25) is 0 Å². The summed E-state index contributed by atoms with van der Waals surface area (Å²) in [5, 5.41) is 0. The third-order valence-corrected chi connectivity index (χ3v) is 4.58. The van der Waals surface area contributed by atoms with Gasteiger partial charge in [-0.15, -0.1) is 0 Å². The number of hydrazine groups is 1. The molecule has 0 aliphatic carbocycles. The molecule has 0 rings (SSSR count). The Bertz CT molecular complexity index is 226. The number of nitrogens with two attached hydrogens (primary N) is 1. The van der Waals surface area contributed by atoms with Gasteiger partial charge >= 0.3 is 0 Å². The van der Waals surface area contributed by atoms with E-state index in [2.05, 4.69) is 24.5 Å². The van der Waals surface area contributed by atoms with E-state index in [-0.39, 0.29) is 0 Å². The Labute approximate surface area is 146 Å². The van der Waals surface area contributed by atoms with E-state index in [0.29, 0.717) is 0 Å². The molecule has 2 heteroatoms. The van der Waals surface area contributed by atoms with Crippen LogP contribution in [0.15, 0.2) is 12.2 Å². The average molecular weight is 325 g/mol. The fraction of sp³-hybridized carbons (Fsp3) is 0.905. The topological polar surface area (TPSA) is 38.0 Å². The maximum Gasteiger partial charge on any atom is 0.00974 e. The molecule has 0 aliphatic rings. The molecule has 0 fully saturated rings. The molecule has 0 aromatic carbocycles. The predicted octanol–water partition coefficient (Wildman–Crippen LogP) is 6.66. The van der Waals surface area contributed by atoms with Crippen LogP contribution in [-0.4, -0.2) is 6.54 Å². The first-order valence-electron chi connectivity index (χ1n) is 10.5. The fourth-order valence-corrected chi connectivity index (χ4v) is 3.00. The number of hydrogen-bond donors (Lipinski definition) is 2. The lowest BCUT2D eigenvalue weighted by Crippen LogP contribution is -2.22. The number of rotatable bonds is 19. The van der Waals surface area contributed by atoms with Crippen LogP contribution in [0.3, 0.4) is 0 Å². The first-order valence-corrected chi connectivity index (χ1v) is 10.5. The van der Waals surface area contributed by atoms with E-state index in [0.717, 1.165) is 6.54 Å². The van der Waals surface area contributed by atoms with Gasteiger partial charge in [-0.05, 0) is 32.1 Å². The van der Waals surface area contributed by atoms with Crippen molar-refractivity contribution >= 4 is 0 Å². The van der Waals surface area contributed by atoms with E-state index in [1.807, 2.05) is 0 Å². The van der Waals surface area contributed by atoms with E-state index >= 15 is 0 Å². The number of unbranched alkanes of at least 4 members (excludes halogenated alkanes) is 15. The summed E-state index contributed by atoms with van der Waals surface area (Å²) in [5.74, 6) is 5.25. The van der Waals surface area contributed by atoms with Crippen molar-refractivity contribution in [2.45, 2.75) is 116 Å². The van der Waals surface area contributed by atoms with Gasteiger partial charge < -0.3 is 0 Å². The Kier molecular flexibility index (Phi) is 21.3. The molecule has 0 radical (unpaired) electrons. The minimum absolute atomic E-state index is 0.960. The van der Waals surface area contributed by atoms with Crippen molar-refractivity contribution in [2.75, 3.05) is 6.54 Å². The van der Waals surface area contributed by atoms with Gasteiger partial charge in [-0.2, -0.15) is 0 Å². The van der Waals surface area contributed by atoms with E-state index in [1.54, 1.807) is 0 Å². The summed E-state index contributed by atoms with van der Waals surface area (Å²) in [6.07, 6.45) is 28.3. The van der Waals surface area contributed by atoms with Crippen molar-refractivity contribution < 1.29 is 0 Å². The van der Waals surface area contributed by atoms with Crippen molar-refractivity contribution in [3.8, 4) is 0 Å². The second-order valence-corrected chi connectivity index (χ2v) is 6.95. The highest BCUT2D eigenvalue weighted by atomic mass is 15.2. The molecule has 0 saturated heterocycles. The molecule has 0 heterocycles. The summed E-state index contributed by atoms with van der Waals surface area (Å²) in [7, 11) is 0. The lowest BCUT2D eigenvalue weighted by molar-refractivity contribution is 0.566. The standard InChI is InChI=1S/C21H44N2/c1-2-3-4-5-6-7-8-9-10-11-12-13-14-15-16-17-18-19-20-21-23-22/h12-13,23H,2-11,14-22H2,1H3. The summed E-state index contributed by atoms with van der Waals surface area (Å²) in [5.41, 5.74) is 2.72. The fourth-order valence-electron chi connectivity index (χ4n) is 3.00. The van der Waals surface area contributed by atoms with Gasteiger partial charge in [-0.25, -0.2) is 0 Å². The van der Waals surface area contributed by atoms with Crippen molar-refractivity contribution in [3.05, 3.63) is 12.2 Å². The molecular formula is C21H44N2. The SMILES string of the molecule is CCCCCCCCCCCC=CCCCCCCCCNN. The van der Waals surface area contributed by atoms with E-state index in [4.69, 9.17) is 5.84 Å². The molecule has 0 atom stereocenters. The highest BCUT2D eigenvalue weighted by Crippen LogP contribution is 2.11. The molecule has 0 aromatic rings. The first-order chi connectivity index (χ1) is 11.4. The summed E-state index contributed by atoms with van der Waals surface area (Å²) < 4.78 is 0.